The van der Waals surface area contributed by atoms with E-state index in [2.05, 4.69) is 40.8 Å². The number of likely N-dealkylation sites (N-methyl/N-ethyl adjacent to an activating group) is 1. The highest BCUT2D eigenvalue weighted by molar-refractivity contribution is 6.39. The van der Waals surface area contributed by atoms with Crippen LogP contribution in [0, 0.1) is 0 Å². The van der Waals surface area contributed by atoms with E-state index in [4.69, 9.17) is 4.74 Å². The van der Waals surface area contributed by atoms with E-state index < -0.39 is 11.8 Å². The van der Waals surface area contributed by atoms with Gasteiger partial charge in [-0.15, -0.1) is 0 Å². The molecule has 1 heterocycles. The highest BCUT2D eigenvalue weighted by Crippen LogP contribution is 2.30. The number of methoxy groups -OCH3 is 1. The van der Waals surface area contributed by atoms with E-state index in [1.165, 1.54) is 18.4 Å². The van der Waals surface area contributed by atoms with E-state index >= 15 is 0 Å². The Balaban J connectivity index is 1.66. The van der Waals surface area contributed by atoms with Gasteiger partial charge in [0.1, 0.15) is 5.75 Å². The van der Waals surface area contributed by atoms with Crippen molar-refractivity contribution in [1.29, 1.82) is 0 Å². The average molecular weight is 411 g/mol. The summed E-state index contributed by atoms with van der Waals surface area (Å²) in [7, 11) is 7.57. The van der Waals surface area contributed by atoms with E-state index in [-0.39, 0.29) is 6.04 Å². The standard InChI is InChI=1S/C23H30N4O3/c1-26(2)20(17-11-12-19-16(14-17)8-7-13-27(19)3)15-24-22(28)23(29)25-18-9-5-6-10-21(18)30-4/h5-6,9-12,14,20H,7-8,13,15H2,1-4H3,(H,24,28)(H,25,29). The van der Waals surface area contributed by atoms with E-state index in [1.54, 1.807) is 24.3 Å². The summed E-state index contributed by atoms with van der Waals surface area (Å²) in [6, 6.07) is 13.4. The lowest BCUT2D eigenvalue weighted by Crippen LogP contribution is -2.40. The quantitative estimate of drug-likeness (QED) is 0.716. The third-order valence-corrected chi connectivity index (χ3v) is 5.48. The Morgan fingerprint density at radius 3 is 2.67 bits per heavy atom. The Kier molecular flexibility index (Phi) is 6.95. The number of amides is 2. The second-order valence-electron chi connectivity index (χ2n) is 7.76. The first-order chi connectivity index (χ1) is 14.4. The first-order valence-corrected chi connectivity index (χ1v) is 10.1. The Labute approximate surface area is 178 Å². The van der Waals surface area contributed by atoms with Crippen LogP contribution in [0.5, 0.6) is 5.75 Å². The molecule has 30 heavy (non-hydrogen) atoms. The fraction of sp³-hybridized carbons (Fsp3) is 0.391. The van der Waals surface area contributed by atoms with E-state index in [9.17, 15) is 9.59 Å². The highest BCUT2D eigenvalue weighted by atomic mass is 16.5. The molecule has 0 saturated carbocycles. The molecule has 2 amide bonds. The number of hydrogen-bond acceptors (Lipinski definition) is 5. The average Bonchev–Trinajstić information content (AvgIpc) is 2.74. The van der Waals surface area contributed by atoms with Gasteiger partial charge in [-0.05, 0) is 56.3 Å². The molecule has 0 spiro atoms. The van der Waals surface area contributed by atoms with Crippen molar-refractivity contribution in [2.45, 2.75) is 18.9 Å². The smallest absolute Gasteiger partial charge is 0.313 e. The number of aryl methyl sites for hydroxylation is 1. The number of para-hydroxylation sites is 2. The van der Waals surface area contributed by atoms with Crippen LogP contribution in [0.4, 0.5) is 11.4 Å². The summed E-state index contributed by atoms with van der Waals surface area (Å²) < 4.78 is 5.21. The second-order valence-corrected chi connectivity index (χ2v) is 7.76. The zero-order valence-corrected chi connectivity index (χ0v) is 18.1. The van der Waals surface area contributed by atoms with Gasteiger partial charge in [0.15, 0.2) is 0 Å². The van der Waals surface area contributed by atoms with Crippen LogP contribution in [-0.4, -0.2) is 58.1 Å². The number of nitrogens with one attached hydrogen (secondary N) is 2. The van der Waals surface area contributed by atoms with Crippen molar-refractivity contribution in [3.8, 4) is 5.75 Å². The van der Waals surface area contributed by atoms with Gasteiger partial charge in [0.2, 0.25) is 0 Å². The minimum atomic E-state index is -0.718. The molecule has 0 bridgehead atoms. The topological polar surface area (TPSA) is 73.9 Å². The molecular weight excluding hydrogens is 380 g/mol. The summed E-state index contributed by atoms with van der Waals surface area (Å²) in [6.07, 6.45) is 2.20. The molecule has 3 rings (SSSR count). The van der Waals surface area contributed by atoms with Gasteiger partial charge in [-0.1, -0.05) is 24.3 Å². The number of carbonyl (C=O) groups is 2. The SMILES string of the molecule is COc1ccccc1NC(=O)C(=O)NCC(c1ccc2c(c1)CCCN2C)N(C)C. The van der Waals surface area contributed by atoms with Crippen molar-refractivity contribution < 1.29 is 14.3 Å². The molecule has 0 saturated heterocycles. The van der Waals surface area contributed by atoms with Crippen LogP contribution in [0.3, 0.4) is 0 Å². The molecule has 7 nitrogen and oxygen atoms in total. The largest absolute Gasteiger partial charge is 0.495 e. The highest BCUT2D eigenvalue weighted by Gasteiger charge is 2.22. The third kappa shape index (κ3) is 4.91. The number of anilines is 2. The molecule has 2 aromatic carbocycles. The number of fused-ring (bicyclic) bond motifs is 1. The minimum Gasteiger partial charge on any atom is -0.495 e. The molecule has 7 heteroatoms. The fourth-order valence-electron chi connectivity index (χ4n) is 3.81. The molecule has 1 aliphatic rings. The van der Waals surface area contributed by atoms with Gasteiger partial charge in [-0.2, -0.15) is 0 Å². The summed E-state index contributed by atoms with van der Waals surface area (Å²) in [5.74, 6) is -0.890. The van der Waals surface area contributed by atoms with Crippen molar-refractivity contribution in [3.63, 3.8) is 0 Å². The molecule has 0 aliphatic carbocycles. The van der Waals surface area contributed by atoms with Gasteiger partial charge >= 0.3 is 11.8 Å². The van der Waals surface area contributed by atoms with Crippen LogP contribution in [-0.2, 0) is 16.0 Å². The van der Waals surface area contributed by atoms with Gasteiger partial charge in [0, 0.05) is 25.8 Å². The van der Waals surface area contributed by atoms with Crippen molar-refractivity contribution in [1.82, 2.24) is 10.2 Å². The molecule has 2 N–H and O–H groups in total. The first kappa shape index (κ1) is 21.6. The summed E-state index contributed by atoms with van der Waals surface area (Å²) in [4.78, 5) is 29.0. The first-order valence-electron chi connectivity index (χ1n) is 10.1. The maximum Gasteiger partial charge on any atom is 0.313 e. The molecule has 1 aliphatic heterocycles. The molecule has 0 aromatic heterocycles. The Morgan fingerprint density at radius 2 is 1.93 bits per heavy atom. The number of benzene rings is 2. The van der Waals surface area contributed by atoms with Crippen LogP contribution in [0.25, 0.3) is 0 Å². The molecule has 2 aromatic rings. The van der Waals surface area contributed by atoms with Crippen LogP contribution in [0.2, 0.25) is 0 Å². The normalized spacial score (nSPS) is 14.1. The van der Waals surface area contributed by atoms with Crippen LogP contribution in [0.15, 0.2) is 42.5 Å². The molecular formula is C23H30N4O3. The number of hydrogen-bond donors (Lipinski definition) is 2. The summed E-state index contributed by atoms with van der Waals surface area (Å²) >= 11 is 0. The second kappa shape index (κ2) is 9.63. The van der Waals surface area contributed by atoms with Crippen molar-refractivity contribution in [2.75, 3.05) is 51.6 Å². The fourth-order valence-corrected chi connectivity index (χ4v) is 3.81. The van der Waals surface area contributed by atoms with E-state index in [0.29, 0.717) is 18.0 Å². The van der Waals surface area contributed by atoms with Crippen molar-refractivity contribution in [2.24, 2.45) is 0 Å². The number of carbonyl (C=O) groups excluding carboxylic acids is 2. The molecule has 0 radical (unpaired) electrons. The Morgan fingerprint density at radius 1 is 1.17 bits per heavy atom. The lowest BCUT2D eigenvalue weighted by molar-refractivity contribution is -0.136. The number of ether oxygens (including phenoxy) is 1. The molecule has 1 atom stereocenters. The third-order valence-electron chi connectivity index (χ3n) is 5.48. The van der Waals surface area contributed by atoms with Gasteiger partial charge in [0.25, 0.3) is 0 Å². The lowest BCUT2D eigenvalue weighted by Gasteiger charge is -2.30. The maximum absolute atomic E-state index is 12.4. The summed E-state index contributed by atoms with van der Waals surface area (Å²) in [5, 5.41) is 5.37. The predicted octanol–water partition coefficient (Wildman–Crippen LogP) is 2.44. The Bertz CT molecular complexity index is 913. The maximum atomic E-state index is 12.4. The van der Waals surface area contributed by atoms with Gasteiger partial charge < -0.3 is 25.2 Å². The van der Waals surface area contributed by atoms with Crippen molar-refractivity contribution >= 4 is 23.2 Å². The lowest BCUT2D eigenvalue weighted by atomic mass is 9.96. The number of rotatable bonds is 6. The monoisotopic (exact) mass is 410 g/mol. The zero-order chi connectivity index (χ0) is 21.7. The van der Waals surface area contributed by atoms with Gasteiger partial charge in [0.05, 0.1) is 18.8 Å². The number of nitrogens with zero attached hydrogens (tertiary/aromatic N) is 2. The van der Waals surface area contributed by atoms with Gasteiger partial charge in [-0.25, -0.2) is 0 Å². The van der Waals surface area contributed by atoms with Crippen LogP contribution < -0.4 is 20.3 Å². The molecule has 1 unspecified atom stereocenters. The Hall–Kier alpha value is -3.06. The zero-order valence-electron chi connectivity index (χ0n) is 18.1. The minimum absolute atomic E-state index is 0.0365. The molecule has 0 fully saturated rings. The predicted molar refractivity (Wildman–Crippen MR) is 119 cm³/mol. The van der Waals surface area contributed by atoms with E-state index in [1.807, 2.05) is 19.0 Å². The van der Waals surface area contributed by atoms with E-state index in [0.717, 1.165) is 24.9 Å². The summed E-state index contributed by atoms with van der Waals surface area (Å²) in [5.41, 5.74) is 4.18. The summed E-state index contributed by atoms with van der Waals surface area (Å²) in [6.45, 7) is 1.40. The van der Waals surface area contributed by atoms with Crippen molar-refractivity contribution in [3.05, 3.63) is 53.6 Å². The van der Waals surface area contributed by atoms with Crippen LogP contribution >= 0.6 is 0 Å². The van der Waals surface area contributed by atoms with Crippen LogP contribution in [0.1, 0.15) is 23.6 Å². The van der Waals surface area contributed by atoms with Gasteiger partial charge in [-0.3, -0.25) is 9.59 Å². The molecule has 160 valence electrons.